The largest absolute Gasteiger partial charge is 0.496 e. The van der Waals surface area contributed by atoms with E-state index in [2.05, 4.69) is 11.4 Å². The van der Waals surface area contributed by atoms with Crippen LogP contribution in [0.2, 0.25) is 0 Å². The molecule has 1 aromatic rings. The Hall–Kier alpha value is -1.75. The van der Waals surface area contributed by atoms with Crippen LogP contribution in [0, 0.1) is 12.8 Å². The number of amides is 2. The van der Waals surface area contributed by atoms with E-state index in [9.17, 15) is 9.90 Å². The molecule has 1 aliphatic rings. The summed E-state index contributed by atoms with van der Waals surface area (Å²) in [5.41, 5.74) is 2.26. The Kier molecular flexibility index (Phi) is 5.66. The van der Waals surface area contributed by atoms with Gasteiger partial charge in [-0.2, -0.15) is 0 Å². The van der Waals surface area contributed by atoms with Crippen molar-refractivity contribution in [3.63, 3.8) is 0 Å². The van der Waals surface area contributed by atoms with Gasteiger partial charge in [-0.25, -0.2) is 4.79 Å². The number of likely N-dealkylation sites (N-methyl/N-ethyl adjacent to an activating group) is 1. The van der Waals surface area contributed by atoms with Gasteiger partial charge in [0.25, 0.3) is 0 Å². The van der Waals surface area contributed by atoms with Crippen molar-refractivity contribution in [2.75, 3.05) is 27.2 Å². The number of carbonyl (C=O) groups is 1. The number of aliphatic hydroxyl groups is 1. The van der Waals surface area contributed by atoms with Crippen molar-refractivity contribution in [2.24, 2.45) is 5.92 Å². The summed E-state index contributed by atoms with van der Waals surface area (Å²) in [6.07, 6.45) is 2.47. The Balaban J connectivity index is 1.77. The first-order valence-electron chi connectivity index (χ1n) is 7.81. The number of benzene rings is 1. The van der Waals surface area contributed by atoms with Gasteiger partial charge in [0.15, 0.2) is 0 Å². The maximum absolute atomic E-state index is 12.0. The third-order valence-electron chi connectivity index (χ3n) is 4.08. The summed E-state index contributed by atoms with van der Waals surface area (Å²) in [6.45, 7) is 2.97. The molecular weight excluding hydrogens is 280 g/mol. The number of ether oxygens (including phenoxy) is 1. The number of nitrogens with zero attached hydrogens (tertiary/aromatic N) is 1. The number of nitrogens with one attached hydrogen (secondary N) is 1. The van der Waals surface area contributed by atoms with Gasteiger partial charge in [0.05, 0.1) is 13.2 Å². The Morgan fingerprint density at radius 2 is 2.23 bits per heavy atom. The van der Waals surface area contributed by atoms with Gasteiger partial charge in [-0.05, 0) is 43.7 Å². The van der Waals surface area contributed by atoms with E-state index in [0.29, 0.717) is 19.0 Å². The molecule has 2 amide bonds. The Bertz CT molecular complexity index is 515. The number of aliphatic hydroxyl groups excluding tert-OH is 1. The normalized spacial score (nSPS) is 15.3. The molecule has 5 nitrogen and oxygen atoms in total. The van der Waals surface area contributed by atoms with E-state index < -0.39 is 6.10 Å². The molecule has 122 valence electrons. The average Bonchev–Trinajstić information content (AvgIpc) is 3.32. The van der Waals surface area contributed by atoms with E-state index in [1.807, 2.05) is 19.1 Å². The second-order valence-corrected chi connectivity index (χ2v) is 6.08. The molecule has 2 N–H and O–H groups in total. The van der Waals surface area contributed by atoms with Crippen molar-refractivity contribution in [3.05, 3.63) is 29.3 Å². The molecule has 0 radical (unpaired) electrons. The van der Waals surface area contributed by atoms with Crippen LogP contribution in [0.4, 0.5) is 4.79 Å². The van der Waals surface area contributed by atoms with Crippen molar-refractivity contribution < 1.29 is 14.6 Å². The first kappa shape index (κ1) is 16.6. The van der Waals surface area contributed by atoms with Crippen LogP contribution in [0.25, 0.3) is 0 Å². The molecule has 0 aromatic heterocycles. The minimum absolute atomic E-state index is 0.147. The summed E-state index contributed by atoms with van der Waals surface area (Å²) in [7, 11) is 3.37. The molecule has 0 spiro atoms. The molecular formula is C17H26N2O3. The van der Waals surface area contributed by atoms with Crippen LogP contribution < -0.4 is 10.1 Å². The summed E-state index contributed by atoms with van der Waals surface area (Å²) in [4.78, 5) is 13.6. The first-order valence-corrected chi connectivity index (χ1v) is 7.81. The molecule has 1 fully saturated rings. The zero-order valence-corrected chi connectivity index (χ0v) is 13.6. The third-order valence-corrected chi connectivity index (χ3v) is 4.08. The summed E-state index contributed by atoms with van der Waals surface area (Å²) in [5.74, 6) is 1.23. The van der Waals surface area contributed by atoms with Crippen molar-refractivity contribution >= 4 is 6.03 Å². The lowest BCUT2D eigenvalue weighted by Crippen LogP contribution is -2.42. The molecule has 1 unspecified atom stereocenters. The number of aryl methyl sites for hydroxylation is 1. The maximum Gasteiger partial charge on any atom is 0.317 e. The summed E-state index contributed by atoms with van der Waals surface area (Å²) < 4.78 is 5.34. The minimum atomic E-state index is -0.396. The van der Waals surface area contributed by atoms with Crippen LogP contribution in [0.15, 0.2) is 18.2 Å². The third kappa shape index (κ3) is 4.63. The molecule has 1 aliphatic carbocycles. The van der Waals surface area contributed by atoms with Gasteiger partial charge in [-0.15, -0.1) is 0 Å². The number of hydrogen-bond donors (Lipinski definition) is 2. The lowest BCUT2D eigenvalue weighted by atomic mass is 10.1. The first-order chi connectivity index (χ1) is 10.5. The van der Waals surface area contributed by atoms with E-state index in [0.717, 1.165) is 30.6 Å². The van der Waals surface area contributed by atoms with E-state index in [4.69, 9.17) is 4.74 Å². The maximum atomic E-state index is 12.0. The van der Waals surface area contributed by atoms with Crippen molar-refractivity contribution in [1.82, 2.24) is 10.2 Å². The molecule has 22 heavy (non-hydrogen) atoms. The van der Waals surface area contributed by atoms with Gasteiger partial charge in [0.1, 0.15) is 5.75 Å². The molecule has 1 atom stereocenters. The number of urea groups is 1. The monoisotopic (exact) mass is 306 g/mol. The highest BCUT2D eigenvalue weighted by Gasteiger charge is 2.31. The van der Waals surface area contributed by atoms with E-state index in [1.165, 1.54) is 5.56 Å². The smallest absolute Gasteiger partial charge is 0.317 e. The highest BCUT2D eigenvalue weighted by Crippen LogP contribution is 2.32. The van der Waals surface area contributed by atoms with Crippen molar-refractivity contribution in [2.45, 2.75) is 32.3 Å². The van der Waals surface area contributed by atoms with Crippen LogP contribution in [0.5, 0.6) is 5.75 Å². The number of rotatable bonds is 7. The molecule has 0 saturated heterocycles. The molecule has 5 heteroatoms. The van der Waals surface area contributed by atoms with E-state index in [-0.39, 0.29) is 6.03 Å². The fourth-order valence-corrected chi connectivity index (χ4v) is 2.54. The van der Waals surface area contributed by atoms with Crippen LogP contribution in [-0.4, -0.2) is 49.4 Å². The second-order valence-electron chi connectivity index (χ2n) is 6.08. The molecule has 1 aromatic carbocycles. The molecule has 0 aliphatic heterocycles. The average molecular weight is 306 g/mol. The molecule has 2 rings (SSSR count). The van der Waals surface area contributed by atoms with Crippen LogP contribution in [0.1, 0.15) is 24.0 Å². The van der Waals surface area contributed by atoms with Gasteiger partial charge in [0.2, 0.25) is 0 Å². The molecule has 0 bridgehead atoms. The Labute approximate surface area is 132 Å². The van der Waals surface area contributed by atoms with Gasteiger partial charge >= 0.3 is 6.03 Å². The highest BCUT2D eigenvalue weighted by molar-refractivity contribution is 5.73. The molecule has 0 heterocycles. The van der Waals surface area contributed by atoms with Gasteiger partial charge in [-0.1, -0.05) is 17.7 Å². The lowest BCUT2D eigenvalue weighted by Gasteiger charge is -2.21. The van der Waals surface area contributed by atoms with E-state index in [1.54, 1.807) is 19.1 Å². The molecule has 1 saturated carbocycles. The van der Waals surface area contributed by atoms with Crippen molar-refractivity contribution in [1.29, 1.82) is 0 Å². The summed E-state index contributed by atoms with van der Waals surface area (Å²) >= 11 is 0. The fraction of sp³-hybridized carbons (Fsp3) is 0.588. The number of carbonyl (C=O) groups excluding carboxylic acids is 1. The van der Waals surface area contributed by atoms with Crippen LogP contribution >= 0.6 is 0 Å². The quantitative estimate of drug-likeness (QED) is 0.809. The SMILES string of the molecule is COc1ccc(C)cc1CCNC(=O)N(C)CC(O)C1CC1. The van der Waals surface area contributed by atoms with Crippen LogP contribution in [0.3, 0.4) is 0 Å². The highest BCUT2D eigenvalue weighted by atomic mass is 16.5. The zero-order valence-electron chi connectivity index (χ0n) is 13.6. The standard InChI is InChI=1S/C17H26N2O3/c1-12-4-7-16(22-3)14(10-12)8-9-18-17(21)19(2)11-15(20)13-5-6-13/h4,7,10,13,15,20H,5-6,8-9,11H2,1-3H3,(H,18,21). The summed E-state index contributed by atoms with van der Waals surface area (Å²) in [5, 5.41) is 12.8. The minimum Gasteiger partial charge on any atom is -0.496 e. The fourth-order valence-electron chi connectivity index (χ4n) is 2.54. The van der Waals surface area contributed by atoms with Crippen LogP contribution in [-0.2, 0) is 6.42 Å². The van der Waals surface area contributed by atoms with Gasteiger partial charge in [0, 0.05) is 20.1 Å². The van der Waals surface area contributed by atoms with Gasteiger partial charge < -0.3 is 20.1 Å². The lowest BCUT2D eigenvalue weighted by molar-refractivity contribution is 0.113. The van der Waals surface area contributed by atoms with Crippen molar-refractivity contribution in [3.8, 4) is 5.75 Å². The topological polar surface area (TPSA) is 61.8 Å². The predicted octanol–water partition coefficient (Wildman–Crippen LogP) is 1.96. The van der Waals surface area contributed by atoms with Gasteiger partial charge in [-0.3, -0.25) is 0 Å². The summed E-state index contributed by atoms with van der Waals surface area (Å²) in [6, 6.07) is 5.88. The number of methoxy groups -OCH3 is 1. The number of hydrogen-bond acceptors (Lipinski definition) is 3. The zero-order chi connectivity index (χ0) is 16.1. The Morgan fingerprint density at radius 1 is 1.50 bits per heavy atom. The van der Waals surface area contributed by atoms with E-state index >= 15 is 0 Å². The second kappa shape index (κ2) is 7.49. The Morgan fingerprint density at radius 3 is 2.86 bits per heavy atom. The predicted molar refractivity (Wildman–Crippen MR) is 86.2 cm³/mol.